The SMILES string of the molecule is C#CCNS(=O)(=O)c1cccc(C(=O)N2CCN(c3ncc(C(F)(F)F)cc3Cl)CC2)c1. The lowest BCUT2D eigenvalue weighted by Gasteiger charge is -2.36. The van der Waals surface area contributed by atoms with Crippen molar-refractivity contribution in [2.24, 2.45) is 0 Å². The van der Waals surface area contributed by atoms with Crippen molar-refractivity contribution in [1.82, 2.24) is 14.6 Å². The summed E-state index contributed by atoms with van der Waals surface area (Å²) in [5, 5.41) is -0.128. The Labute approximate surface area is 188 Å². The normalized spacial score (nSPS) is 14.8. The number of hydrogen-bond acceptors (Lipinski definition) is 5. The molecule has 1 aliphatic heterocycles. The molecule has 12 heteroatoms. The molecule has 0 bridgehead atoms. The number of nitrogens with one attached hydrogen (secondary N) is 1. The molecule has 1 aromatic heterocycles. The number of piperazine rings is 1. The number of carbonyl (C=O) groups excluding carboxylic acids is 1. The van der Waals surface area contributed by atoms with Crippen LogP contribution in [0.4, 0.5) is 19.0 Å². The van der Waals surface area contributed by atoms with Gasteiger partial charge in [-0.05, 0) is 24.3 Å². The van der Waals surface area contributed by atoms with Crippen molar-refractivity contribution in [3.8, 4) is 12.3 Å². The predicted molar refractivity (Wildman–Crippen MR) is 113 cm³/mol. The summed E-state index contributed by atoms with van der Waals surface area (Å²) in [6, 6.07) is 6.40. The number of benzene rings is 1. The van der Waals surface area contributed by atoms with E-state index in [1.807, 2.05) is 0 Å². The third kappa shape index (κ3) is 5.32. The molecule has 0 saturated carbocycles. The zero-order valence-electron chi connectivity index (χ0n) is 16.6. The second-order valence-corrected chi connectivity index (χ2v) is 9.04. The van der Waals surface area contributed by atoms with Crippen molar-refractivity contribution in [3.63, 3.8) is 0 Å². The number of terminal acetylenes is 1. The summed E-state index contributed by atoms with van der Waals surface area (Å²) in [7, 11) is -3.85. The molecule has 7 nitrogen and oxygen atoms in total. The highest BCUT2D eigenvalue weighted by Gasteiger charge is 2.32. The quantitative estimate of drug-likeness (QED) is 0.657. The van der Waals surface area contributed by atoms with E-state index in [9.17, 15) is 26.4 Å². The fourth-order valence-corrected chi connectivity index (χ4v) is 4.40. The Morgan fingerprint density at radius 3 is 2.50 bits per heavy atom. The van der Waals surface area contributed by atoms with Crippen LogP contribution in [0.5, 0.6) is 0 Å². The Balaban J connectivity index is 1.69. The fraction of sp³-hybridized carbons (Fsp3) is 0.300. The van der Waals surface area contributed by atoms with Gasteiger partial charge in [-0.2, -0.15) is 17.9 Å². The second-order valence-electron chi connectivity index (χ2n) is 6.86. The van der Waals surface area contributed by atoms with Crippen LogP contribution in [-0.2, 0) is 16.2 Å². The van der Waals surface area contributed by atoms with Gasteiger partial charge in [0.25, 0.3) is 5.91 Å². The van der Waals surface area contributed by atoms with Crippen LogP contribution in [-0.4, -0.2) is 56.9 Å². The van der Waals surface area contributed by atoms with E-state index in [1.165, 1.54) is 29.2 Å². The molecule has 1 N–H and O–H groups in total. The molecule has 0 atom stereocenters. The van der Waals surface area contributed by atoms with Crippen LogP contribution < -0.4 is 9.62 Å². The van der Waals surface area contributed by atoms with Crippen molar-refractivity contribution < 1.29 is 26.4 Å². The number of halogens is 4. The van der Waals surface area contributed by atoms with E-state index in [1.54, 1.807) is 4.90 Å². The van der Waals surface area contributed by atoms with Gasteiger partial charge < -0.3 is 9.80 Å². The Hall–Kier alpha value is -2.81. The number of anilines is 1. The van der Waals surface area contributed by atoms with Crippen LogP contribution in [0.2, 0.25) is 5.02 Å². The van der Waals surface area contributed by atoms with Crippen molar-refractivity contribution >= 4 is 33.3 Å². The van der Waals surface area contributed by atoms with Gasteiger partial charge >= 0.3 is 6.18 Å². The number of alkyl halides is 3. The van der Waals surface area contributed by atoms with Gasteiger partial charge in [0.2, 0.25) is 10.0 Å². The second kappa shape index (κ2) is 9.36. The third-order valence-corrected chi connectivity index (χ3v) is 6.45. The smallest absolute Gasteiger partial charge is 0.352 e. The lowest BCUT2D eigenvalue weighted by Crippen LogP contribution is -2.49. The van der Waals surface area contributed by atoms with Crippen LogP contribution >= 0.6 is 11.6 Å². The minimum absolute atomic E-state index is 0.0852. The van der Waals surface area contributed by atoms with Crippen LogP contribution in [0.1, 0.15) is 15.9 Å². The van der Waals surface area contributed by atoms with Crippen molar-refractivity contribution in [2.75, 3.05) is 37.6 Å². The molecule has 1 aliphatic rings. The highest BCUT2D eigenvalue weighted by atomic mass is 35.5. The van der Waals surface area contributed by atoms with Crippen molar-refractivity contribution in [3.05, 3.63) is 52.7 Å². The minimum Gasteiger partial charge on any atom is -0.352 e. The van der Waals surface area contributed by atoms with Gasteiger partial charge in [-0.3, -0.25) is 4.79 Å². The number of nitrogens with zero attached hydrogens (tertiary/aromatic N) is 3. The number of amides is 1. The lowest BCUT2D eigenvalue weighted by atomic mass is 10.2. The van der Waals surface area contributed by atoms with Gasteiger partial charge in [-0.15, -0.1) is 6.42 Å². The summed E-state index contributed by atoms with van der Waals surface area (Å²) in [6.45, 7) is 0.925. The maximum Gasteiger partial charge on any atom is 0.417 e. The van der Waals surface area contributed by atoms with Gasteiger partial charge in [-0.25, -0.2) is 13.4 Å². The first-order chi connectivity index (χ1) is 15.0. The molecular weight excluding hydrogens is 469 g/mol. The molecular formula is C20H18ClF3N4O3S. The van der Waals surface area contributed by atoms with Gasteiger partial charge in [0.05, 0.1) is 22.0 Å². The first kappa shape index (κ1) is 23.8. The Morgan fingerprint density at radius 2 is 1.91 bits per heavy atom. The first-order valence-electron chi connectivity index (χ1n) is 9.33. The van der Waals surface area contributed by atoms with E-state index < -0.39 is 21.8 Å². The maximum absolute atomic E-state index is 12.9. The van der Waals surface area contributed by atoms with Crippen LogP contribution in [0.15, 0.2) is 41.4 Å². The van der Waals surface area contributed by atoms with Crippen molar-refractivity contribution in [1.29, 1.82) is 0 Å². The maximum atomic E-state index is 12.9. The fourth-order valence-electron chi connectivity index (χ4n) is 3.14. The van der Waals surface area contributed by atoms with Gasteiger partial charge in [0.15, 0.2) is 0 Å². The summed E-state index contributed by atoms with van der Waals surface area (Å²) in [6.07, 6.45) is 1.25. The van der Waals surface area contributed by atoms with Gasteiger partial charge in [0.1, 0.15) is 5.82 Å². The highest BCUT2D eigenvalue weighted by molar-refractivity contribution is 7.89. The first-order valence-corrected chi connectivity index (χ1v) is 11.2. The lowest BCUT2D eigenvalue weighted by molar-refractivity contribution is -0.137. The molecule has 1 fully saturated rings. The molecule has 2 aromatic rings. The summed E-state index contributed by atoms with van der Waals surface area (Å²) >= 11 is 6.00. The number of hydrogen-bond donors (Lipinski definition) is 1. The number of aromatic nitrogens is 1. The monoisotopic (exact) mass is 486 g/mol. The third-order valence-electron chi connectivity index (χ3n) is 4.77. The molecule has 1 saturated heterocycles. The van der Waals surface area contributed by atoms with E-state index >= 15 is 0 Å². The number of pyridine rings is 1. The largest absolute Gasteiger partial charge is 0.417 e. The predicted octanol–water partition coefficient (Wildman–Crippen LogP) is 2.63. The van der Waals surface area contributed by atoms with Crippen LogP contribution in [0, 0.1) is 12.3 Å². The summed E-state index contributed by atoms with van der Waals surface area (Å²) in [4.78, 5) is 19.8. The number of carbonyl (C=O) groups is 1. The van der Waals surface area contributed by atoms with E-state index in [4.69, 9.17) is 18.0 Å². The molecule has 0 aliphatic carbocycles. The summed E-state index contributed by atoms with van der Waals surface area (Å²) in [5.74, 6) is 2.01. The zero-order chi connectivity index (χ0) is 23.5. The Morgan fingerprint density at radius 1 is 1.22 bits per heavy atom. The zero-order valence-corrected chi connectivity index (χ0v) is 18.1. The average molecular weight is 487 g/mol. The summed E-state index contributed by atoms with van der Waals surface area (Å²) in [5.41, 5.74) is -0.751. The molecule has 0 spiro atoms. The molecule has 32 heavy (non-hydrogen) atoms. The number of rotatable bonds is 5. The number of sulfonamides is 1. The Kier molecular flexibility index (Phi) is 6.97. The molecule has 0 radical (unpaired) electrons. The minimum atomic E-state index is -4.54. The molecule has 170 valence electrons. The topological polar surface area (TPSA) is 82.6 Å². The molecule has 0 unspecified atom stereocenters. The molecule has 1 aromatic carbocycles. The van der Waals surface area contributed by atoms with Crippen LogP contribution in [0.25, 0.3) is 0 Å². The average Bonchev–Trinajstić information content (AvgIpc) is 2.77. The van der Waals surface area contributed by atoms with Crippen molar-refractivity contribution in [2.45, 2.75) is 11.1 Å². The Bertz CT molecular complexity index is 1160. The van der Waals surface area contributed by atoms with E-state index in [0.29, 0.717) is 13.1 Å². The standard InChI is InChI=1S/C20H18ClF3N4O3S/c1-2-6-26-32(30,31)16-5-3-4-14(11-16)19(29)28-9-7-27(8-10-28)18-17(21)12-15(13-25-18)20(22,23)24/h1,3-5,11-13,26H,6-10H2. The van der Waals surface area contributed by atoms with Crippen LogP contribution in [0.3, 0.4) is 0 Å². The molecule has 3 rings (SSSR count). The van der Waals surface area contributed by atoms with E-state index in [0.717, 1.165) is 12.3 Å². The summed E-state index contributed by atoms with van der Waals surface area (Å²) < 4.78 is 65.1. The van der Waals surface area contributed by atoms with Gasteiger partial charge in [0, 0.05) is 37.9 Å². The highest BCUT2D eigenvalue weighted by Crippen LogP contribution is 2.33. The van der Waals surface area contributed by atoms with Gasteiger partial charge in [-0.1, -0.05) is 23.6 Å². The van der Waals surface area contributed by atoms with E-state index in [-0.39, 0.29) is 46.8 Å². The molecule has 1 amide bonds. The molecule has 2 heterocycles. The van der Waals surface area contributed by atoms with E-state index in [2.05, 4.69) is 15.6 Å².